The van der Waals surface area contributed by atoms with Gasteiger partial charge in [0.05, 0.1) is 11.7 Å². The van der Waals surface area contributed by atoms with Crippen LogP contribution in [0.15, 0.2) is 55.2 Å². The number of aliphatic hydroxyl groups excluding tert-OH is 2. The molecule has 12 heteroatoms. The van der Waals surface area contributed by atoms with Crippen LogP contribution in [-0.4, -0.2) is 62.4 Å². The molecule has 1 aliphatic heterocycles. The summed E-state index contributed by atoms with van der Waals surface area (Å²) in [5.41, 5.74) is -2.01. The van der Waals surface area contributed by atoms with Crippen LogP contribution >= 0.6 is 11.6 Å². The lowest BCUT2D eigenvalue weighted by molar-refractivity contribution is -0.0964. The smallest absolute Gasteiger partial charge is 0.420 e. The Kier molecular flexibility index (Phi) is 7.39. The molecule has 2 unspecified atom stereocenters. The van der Waals surface area contributed by atoms with Crippen molar-refractivity contribution in [1.29, 1.82) is 0 Å². The fourth-order valence-electron chi connectivity index (χ4n) is 3.81. The zero-order valence-corrected chi connectivity index (χ0v) is 19.1. The third kappa shape index (κ3) is 6.18. The van der Waals surface area contributed by atoms with Gasteiger partial charge in [-0.05, 0) is 36.8 Å². The number of aliphatic hydroxyl groups is 2. The monoisotopic (exact) mass is 505 g/mol. The number of aromatic nitrogens is 3. The largest absolute Gasteiger partial charge is 0.487 e. The first-order valence-corrected chi connectivity index (χ1v) is 11.1. The van der Waals surface area contributed by atoms with Gasteiger partial charge in [-0.1, -0.05) is 0 Å². The zero-order chi connectivity index (χ0) is 25.0. The minimum atomic E-state index is -3.83. The lowest BCUT2D eigenvalue weighted by Gasteiger charge is -2.36. The van der Waals surface area contributed by atoms with E-state index in [1.165, 1.54) is 36.8 Å². The van der Waals surface area contributed by atoms with Gasteiger partial charge >= 0.3 is 5.57 Å². The number of pyridine rings is 1. The lowest BCUT2D eigenvalue weighted by Crippen LogP contribution is -2.45. The van der Waals surface area contributed by atoms with Crippen LogP contribution in [0.3, 0.4) is 0 Å². The molecular weight excluding hydrogens is 484 g/mol. The fourth-order valence-corrected chi connectivity index (χ4v) is 3.90. The highest BCUT2D eigenvalue weighted by atomic mass is 35.5. The number of piperidine rings is 1. The van der Waals surface area contributed by atoms with Crippen molar-refractivity contribution >= 4 is 29.0 Å². The number of halogens is 3. The Hall–Kier alpha value is -3.41. The first-order valence-electron chi connectivity index (χ1n) is 10.7. The average molecular weight is 506 g/mol. The molecule has 1 aromatic carbocycles. The Balaban J connectivity index is 1.57. The molecule has 0 spiro atoms. The predicted molar refractivity (Wildman–Crippen MR) is 124 cm³/mol. The van der Waals surface area contributed by atoms with Crippen molar-refractivity contribution in [3.63, 3.8) is 0 Å². The predicted octanol–water partition coefficient (Wildman–Crippen LogP) is 3.14. The quantitative estimate of drug-likeness (QED) is 0.419. The molecule has 35 heavy (non-hydrogen) atoms. The maximum absolute atomic E-state index is 12.9. The van der Waals surface area contributed by atoms with E-state index < -0.39 is 17.6 Å². The Morgan fingerprint density at radius 2 is 1.94 bits per heavy atom. The summed E-state index contributed by atoms with van der Waals surface area (Å²) in [4.78, 5) is 27.4. The molecule has 4 rings (SSSR count). The number of hydrogen-bond donors (Lipinski definition) is 3. The van der Waals surface area contributed by atoms with E-state index in [9.17, 15) is 23.8 Å². The molecule has 0 bridgehead atoms. The third-order valence-electron chi connectivity index (χ3n) is 5.60. The number of β-amino-alcohol motifs (C(OH)–C–C–N with tert-alkyl or cyclic N) is 1. The maximum atomic E-state index is 12.9. The molecule has 1 saturated heterocycles. The van der Waals surface area contributed by atoms with Crippen molar-refractivity contribution in [2.24, 2.45) is 5.92 Å². The van der Waals surface area contributed by atoms with Crippen molar-refractivity contribution in [3.8, 4) is 16.9 Å². The number of carbonyl (C=O) groups is 1. The van der Waals surface area contributed by atoms with Crippen molar-refractivity contribution < 1.29 is 28.5 Å². The summed E-state index contributed by atoms with van der Waals surface area (Å²) in [6.07, 6.45) is 5.85. The van der Waals surface area contributed by atoms with E-state index in [0.717, 1.165) is 0 Å². The number of amides is 1. The fraction of sp³-hybridized carbons (Fsp3) is 0.304. The van der Waals surface area contributed by atoms with E-state index >= 15 is 0 Å². The topological polar surface area (TPSA) is 121 Å². The molecule has 9 nitrogen and oxygen atoms in total. The molecule has 2 aromatic heterocycles. The lowest BCUT2D eigenvalue weighted by atomic mass is 9.94. The van der Waals surface area contributed by atoms with Crippen LogP contribution in [0.5, 0.6) is 5.75 Å². The van der Waals surface area contributed by atoms with E-state index in [2.05, 4.69) is 25.0 Å². The van der Waals surface area contributed by atoms with Gasteiger partial charge in [0, 0.05) is 72.6 Å². The molecule has 2 atom stereocenters. The van der Waals surface area contributed by atoms with Gasteiger partial charge in [0.2, 0.25) is 0 Å². The van der Waals surface area contributed by atoms with Crippen molar-refractivity contribution in [2.75, 3.05) is 29.9 Å². The number of rotatable bonds is 7. The van der Waals surface area contributed by atoms with Crippen LogP contribution in [0.4, 0.5) is 20.3 Å². The number of hydrogen-bond acceptors (Lipinski definition) is 8. The summed E-state index contributed by atoms with van der Waals surface area (Å²) in [6, 6.07) is 6.95. The van der Waals surface area contributed by atoms with Gasteiger partial charge in [0.15, 0.2) is 0 Å². The molecule has 0 radical (unpaired) electrons. The highest BCUT2D eigenvalue weighted by Gasteiger charge is 2.30. The second kappa shape index (κ2) is 10.5. The Morgan fingerprint density at radius 1 is 1.23 bits per heavy atom. The number of alkyl halides is 3. The van der Waals surface area contributed by atoms with Crippen LogP contribution < -0.4 is 15.0 Å². The molecule has 0 saturated carbocycles. The molecule has 1 aliphatic rings. The summed E-state index contributed by atoms with van der Waals surface area (Å²) < 4.78 is 29.8. The molecule has 3 heterocycles. The van der Waals surface area contributed by atoms with Crippen molar-refractivity contribution in [2.45, 2.75) is 18.1 Å². The highest BCUT2D eigenvalue weighted by Crippen LogP contribution is 2.32. The first kappa shape index (κ1) is 24.7. The van der Waals surface area contributed by atoms with Gasteiger partial charge in [0.25, 0.3) is 5.91 Å². The molecular formula is C23H22ClF2N5O4. The standard InChI is InChI=1S/C23H22ClF2N5O4/c24-23(25,26)35-18-3-1-17(2-4-18)30-22(34)15-7-19(16-8-27-13-28-9-16)21(29-10-15)31-6-5-14(12-32)20(33)11-31/h1-4,7-10,13-14,20,32-33H,5-6,11-12H2,(H,30,34). The van der Waals surface area contributed by atoms with E-state index in [-0.39, 0.29) is 30.4 Å². The molecule has 1 fully saturated rings. The Morgan fingerprint density at radius 3 is 2.57 bits per heavy atom. The number of benzene rings is 1. The van der Waals surface area contributed by atoms with Gasteiger partial charge in [0.1, 0.15) is 17.9 Å². The maximum Gasteiger partial charge on any atom is 0.487 e. The highest BCUT2D eigenvalue weighted by molar-refractivity contribution is 6.20. The van der Waals surface area contributed by atoms with E-state index in [4.69, 9.17) is 11.6 Å². The second-order valence-electron chi connectivity index (χ2n) is 7.99. The van der Waals surface area contributed by atoms with Crippen LogP contribution in [0.25, 0.3) is 11.1 Å². The number of carbonyl (C=O) groups excluding carboxylic acids is 1. The normalized spacial score (nSPS) is 18.3. The number of nitrogens with one attached hydrogen (secondary N) is 1. The molecule has 0 aliphatic carbocycles. The summed E-state index contributed by atoms with van der Waals surface area (Å²) in [7, 11) is 0. The summed E-state index contributed by atoms with van der Waals surface area (Å²) in [5, 5.41) is 22.5. The zero-order valence-electron chi connectivity index (χ0n) is 18.3. The van der Waals surface area contributed by atoms with Gasteiger partial charge < -0.3 is 25.2 Å². The number of ether oxygens (including phenoxy) is 1. The van der Waals surface area contributed by atoms with Gasteiger partial charge in [-0.2, -0.15) is 0 Å². The summed E-state index contributed by atoms with van der Waals surface area (Å²) in [5.74, 6) is -0.285. The third-order valence-corrected chi connectivity index (χ3v) is 5.68. The van der Waals surface area contributed by atoms with Gasteiger partial charge in [-0.25, -0.2) is 15.0 Å². The SMILES string of the molecule is O=C(Nc1ccc(OC(F)(F)Cl)cc1)c1cnc(N2CCC(CO)C(O)C2)c(-c2cncnc2)c1. The second-order valence-corrected chi connectivity index (χ2v) is 8.43. The first-order chi connectivity index (χ1) is 16.7. The Bertz CT molecular complexity index is 1160. The number of nitrogens with zero attached hydrogens (tertiary/aromatic N) is 4. The molecule has 1 amide bonds. The van der Waals surface area contributed by atoms with Gasteiger partial charge in [-0.15, -0.1) is 8.78 Å². The van der Waals surface area contributed by atoms with Crippen molar-refractivity contribution in [1.82, 2.24) is 15.0 Å². The summed E-state index contributed by atoms with van der Waals surface area (Å²) >= 11 is 4.76. The molecule has 3 aromatic rings. The van der Waals surface area contributed by atoms with Crippen LogP contribution in [0, 0.1) is 5.92 Å². The average Bonchev–Trinajstić information content (AvgIpc) is 2.84. The van der Waals surface area contributed by atoms with E-state index in [1.807, 2.05) is 4.90 Å². The molecule has 3 N–H and O–H groups in total. The van der Waals surface area contributed by atoms with Crippen LogP contribution in [-0.2, 0) is 0 Å². The van der Waals surface area contributed by atoms with Crippen LogP contribution in [0.2, 0.25) is 0 Å². The molecule has 184 valence electrons. The van der Waals surface area contributed by atoms with E-state index in [1.54, 1.807) is 18.5 Å². The number of anilines is 2. The van der Waals surface area contributed by atoms with Crippen molar-refractivity contribution in [3.05, 3.63) is 60.8 Å². The van der Waals surface area contributed by atoms with Crippen LogP contribution in [0.1, 0.15) is 16.8 Å². The summed E-state index contributed by atoms with van der Waals surface area (Å²) in [6.45, 7) is 0.750. The minimum absolute atomic E-state index is 0.0949. The van der Waals surface area contributed by atoms with E-state index in [0.29, 0.717) is 35.6 Å². The minimum Gasteiger partial charge on any atom is -0.420 e. The van der Waals surface area contributed by atoms with Gasteiger partial charge in [-0.3, -0.25) is 4.79 Å². The Labute approximate surface area is 204 Å².